The van der Waals surface area contributed by atoms with Gasteiger partial charge in [0, 0.05) is 31.7 Å². The van der Waals surface area contributed by atoms with Crippen LogP contribution in [0, 0.1) is 5.41 Å². The number of thiazole rings is 1. The van der Waals surface area contributed by atoms with E-state index >= 15 is 0 Å². The molecule has 0 aliphatic carbocycles. The smallest absolute Gasteiger partial charge is 0.227 e. The third-order valence-corrected chi connectivity index (χ3v) is 4.26. The fourth-order valence-electron chi connectivity index (χ4n) is 1.70. The van der Waals surface area contributed by atoms with Crippen LogP contribution in [-0.2, 0) is 17.8 Å². The minimum atomic E-state index is -0.497. The Balaban J connectivity index is 2.47. The molecule has 1 aromatic heterocycles. The Kier molecular flexibility index (Phi) is 6.61. The van der Waals surface area contributed by atoms with Crippen molar-refractivity contribution in [3.63, 3.8) is 0 Å². The number of rotatable bonds is 6. The molecule has 7 heteroatoms. The van der Waals surface area contributed by atoms with Crippen LogP contribution in [0.1, 0.15) is 30.7 Å². The fraction of sp³-hybridized carbons (Fsp3) is 0.643. The maximum absolute atomic E-state index is 11.7. The topological polar surface area (TPSA) is 78.4 Å². The van der Waals surface area contributed by atoms with Crippen molar-refractivity contribution < 1.29 is 4.79 Å². The molecule has 3 N–H and O–H groups in total. The summed E-state index contributed by atoms with van der Waals surface area (Å²) in [6.07, 6.45) is 2.91. The maximum Gasteiger partial charge on any atom is 0.227 e. The Hall–Kier alpha value is -1.63. The van der Waals surface area contributed by atoms with Crippen molar-refractivity contribution in [2.45, 2.75) is 33.7 Å². The predicted molar refractivity (Wildman–Crippen MR) is 87.5 cm³/mol. The van der Waals surface area contributed by atoms with Gasteiger partial charge in [0.25, 0.3) is 0 Å². The monoisotopic (exact) mass is 311 g/mol. The van der Waals surface area contributed by atoms with Gasteiger partial charge in [0.15, 0.2) is 5.96 Å². The summed E-state index contributed by atoms with van der Waals surface area (Å²) >= 11 is 1.70. The molecule has 0 saturated carbocycles. The van der Waals surface area contributed by atoms with E-state index in [-0.39, 0.29) is 5.91 Å². The summed E-state index contributed by atoms with van der Waals surface area (Å²) in [5.74, 6) is 0.665. The van der Waals surface area contributed by atoms with E-state index in [0.29, 0.717) is 19.0 Å². The molecule has 0 aliphatic rings. The highest BCUT2D eigenvalue weighted by Crippen LogP contribution is 2.14. The van der Waals surface area contributed by atoms with Crippen LogP contribution in [0.3, 0.4) is 0 Å². The molecule has 21 heavy (non-hydrogen) atoms. The molecular weight excluding hydrogens is 286 g/mol. The molecule has 0 atom stereocenters. The van der Waals surface area contributed by atoms with Gasteiger partial charge in [0.05, 0.1) is 12.0 Å². The van der Waals surface area contributed by atoms with Crippen LogP contribution in [0.2, 0.25) is 0 Å². The molecule has 118 valence electrons. The third kappa shape index (κ3) is 5.34. The lowest BCUT2D eigenvalue weighted by Crippen LogP contribution is -2.47. The summed E-state index contributed by atoms with van der Waals surface area (Å²) in [5.41, 5.74) is -0.497. The molecule has 0 fully saturated rings. The molecule has 1 rings (SSSR count). The van der Waals surface area contributed by atoms with E-state index in [1.165, 1.54) is 4.88 Å². The number of carbonyl (C=O) groups excluding carboxylic acids is 1. The minimum Gasteiger partial charge on any atom is -0.359 e. The zero-order chi connectivity index (χ0) is 15.9. The number of hydrogen-bond acceptors (Lipinski definition) is 4. The van der Waals surface area contributed by atoms with E-state index in [9.17, 15) is 4.79 Å². The standard InChI is InChI=1S/C14H25N5OS/c1-6-10-7-17-11(21-10)8-18-13(16-5)19-9-14(2,3)12(20)15-4/h7H,6,8-9H2,1-5H3,(H,15,20)(H2,16,18,19). The molecule has 0 unspecified atom stereocenters. The Labute approximate surface area is 130 Å². The fourth-order valence-corrected chi connectivity index (χ4v) is 2.50. The Morgan fingerprint density at radius 3 is 2.67 bits per heavy atom. The van der Waals surface area contributed by atoms with Gasteiger partial charge < -0.3 is 16.0 Å². The first kappa shape index (κ1) is 17.4. The number of amides is 1. The lowest BCUT2D eigenvalue weighted by atomic mass is 9.92. The van der Waals surface area contributed by atoms with Crippen LogP contribution in [0.5, 0.6) is 0 Å². The van der Waals surface area contributed by atoms with Crippen molar-refractivity contribution in [2.24, 2.45) is 10.4 Å². The van der Waals surface area contributed by atoms with E-state index in [1.807, 2.05) is 20.0 Å². The van der Waals surface area contributed by atoms with Crippen molar-refractivity contribution >= 4 is 23.2 Å². The first-order valence-electron chi connectivity index (χ1n) is 7.03. The van der Waals surface area contributed by atoms with E-state index in [2.05, 4.69) is 32.9 Å². The van der Waals surface area contributed by atoms with E-state index in [1.54, 1.807) is 25.4 Å². The van der Waals surface area contributed by atoms with Crippen molar-refractivity contribution in [1.82, 2.24) is 20.9 Å². The summed E-state index contributed by atoms with van der Waals surface area (Å²) in [4.78, 5) is 21.5. The molecule has 0 saturated heterocycles. The second-order valence-corrected chi connectivity index (χ2v) is 6.52. The highest BCUT2D eigenvalue weighted by molar-refractivity contribution is 7.11. The Bertz CT molecular complexity index is 495. The van der Waals surface area contributed by atoms with Gasteiger partial charge in [0.2, 0.25) is 5.91 Å². The first-order chi connectivity index (χ1) is 9.92. The number of nitrogens with zero attached hydrogens (tertiary/aromatic N) is 2. The zero-order valence-corrected chi connectivity index (χ0v) is 14.2. The second kappa shape index (κ2) is 7.97. The normalized spacial score (nSPS) is 12.1. The minimum absolute atomic E-state index is 0.00189. The van der Waals surface area contributed by atoms with Crippen LogP contribution in [0.15, 0.2) is 11.2 Å². The molecule has 1 aromatic rings. The molecule has 0 spiro atoms. The molecular formula is C14H25N5OS. The lowest BCUT2D eigenvalue weighted by Gasteiger charge is -2.24. The highest BCUT2D eigenvalue weighted by atomic mass is 32.1. The molecule has 0 aliphatic heterocycles. The third-order valence-electron chi connectivity index (χ3n) is 3.12. The summed E-state index contributed by atoms with van der Waals surface area (Å²) < 4.78 is 0. The lowest BCUT2D eigenvalue weighted by molar-refractivity contribution is -0.128. The number of aromatic nitrogens is 1. The van der Waals surface area contributed by atoms with Gasteiger partial charge in [-0.25, -0.2) is 4.98 Å². The predicted octanol–water partition coefficient (Wildman–Crippen LogP) is 1.14. The highest BCUT2D eigenvalue weighted by Gasteiger charge is 2.26. The van der Waals surface area contributed by atoms with E-state index in [4.69, 9.17) is 0 Å². The maximum atomic E-state index is 11.7. The van der Waals surface area contributed by atoms with Gasteiger partial charge >= 0.3 is 0 Å². The molecule has 0 bridgehead atoms. The Morgan fingerprint density at radius 1 is 1.43 bits per heavy atom. The van der Waals surface area contributed by atoms with Gasteiger partial charge in [-0.15, -0.1) is 11.3 Å². The summed E-state index contributed by atoms with van der Waals surface area (Å²) in [6, 6.07) is 0. The SMILES string of the molecule is CCc1cnc(CNC(=NC)NCC(C)(C)C(=O)NC)s1. The van der Waals surface area contributed by atoms with Crippen molar-refractivity contribution in [2.75, 3.05) is 20.6 Å². The molecule has 0 aromatic carbocycles. The summed E-state index contributed by atoms with van der Waals surface area (Å²) in [6.45, 7) is 7.03. The number of carbonyl (C=O) groups is 1. The second-order valence-electron chi connectivity index (χ2n) is 5.32. The van der Waals surface area contributed by atoms with Crippen LogP contribution in [-0.4, -0.2) is 37.5 Å². The number of hydrogen-bond donors (Lipinski definition) is 3. The quantitative estimate of drug-likeness (QED) is 0.544. The van der Waals surface area contributed by atoms with Crippen molar-refractivity contribution in [1.29, 1.82) is 0 Å². The summed E-state index contributed by atoms with van der Waals surface area (Å²) in [5, 5.41) is 10.1. The number of nitrogens with one attached hydrogen (secondary N) is 3. The average molecular weight is 311 g/mol. The van der Waals surface area contributed by atoms with E-state index < -0.39 is 5.41 Å². The largest absolute Gasteiger partial charge is 0.359 e. The molecule has 1 amide bonds. The average Bonchev–Trinajstić information content (AvgIpc) is 2.94. The van der Waals surface area contributed by atoms with Gasteiger partial charge in [-0.2, -0.15) is 0 Å². The van der Waals surface area contributed by atoms with Crippen molar-refractivity contribution in [3.8, 4) is 0 Å². The van der Waals surface area contributed by atoms with Gasteiger partial charge in [0.1, 0.15) is 5.01 Å². The molecule has 1 heterocycles. The van der Waals surface area contributed by atoms with Crippen LogP contribution >= 0.6 is 11.3 Å². The van der Waals surface area contributed by atoms with E-state index in [0.717, 1.165) is 11.4 Å². The zero-order valence-electron chi connectivity index (χ0n) is 13.4. The van der Waals surface area contributed by atoms with Crippen LogP contribution in [0.4, 0.5) is 0 Å². The summed E-state index contributed by atoms with van der Waals surface area (Å²) in [7, 11) is 3.35. The molecule has 0 radical (unpaired) electrons. The number of guanidine groups is 1. The number of aliphatic imine (C=N–C) groups is 1. The first-order valence-corrected chi connectivity index (χ1v) is 7.85. The number of aryl methyl sites for hydroxylation is 1. The molecule has 6 nitrogen and oxygen atoms in total. The van der Waals surface area contributed by atoms with Crippen LogP contribution < -0.4 is 16.0 Å². The van der Waals surface area contributed by atoms with Gasteiger partial charge in [-0.1, -0.05) is 6.92 Å². The van der Waals surface area contributed by atoms with Gasteiger partial charge in [-0.05, 0) is 20.3 Å². The van der Waals surface area contributed by atoms with Gasteiger partial charge in [-0.3, -0.25) is 9.79 Å². The Morgan fingerprint density at radius 2 is 2.14 bits per heavy atom. The van der Waals surface area contributed by atoms with Crippen LogP contribution in [0.25, 0.3) is 0 Å². The van der Waals surface area contributed by atoms with Crippen molar-refractivity contribution in [3.05, 3.63) is 16.1 Å².